The van der Waals surface area contributed by atoms with Crippen molar-refractivity contribution in [3.05, 3.63) is 0 Å². The third-order valence-corrected chi connectivity index (χ3v) is 4.67. The summed E-state index contributed by atoms with van der Waals surface area (Å²) in [4.78, 5) is 0. The molecule has 0 heterocycles. The number of aliphatic hydroxyl groups is 1. The molecule has 128 valence electrons. The Hall–Kier alpha value is -0.0400. The maximum atomic E-state index is 8.85. The summed E-state index contributed by atoms with van der Waals surface area (Å²) in [5, 5.41) is 8.85. The highest BCUT2D eigenvalue weighted by atomic mass is 16.3. The molecule has 0 saturated carbocycles. The van der Waals surface area contributed by atoms with E-state index in [9.17, 15) is 0 Å². The second-order valence-electron chi connectivity index (χ2n) is 7.00. The van der Waals surface area contributed by atoms with Gasteiger partial charge in [-0.1, -0.05) is 110 Å². The Morgan fingerprint density at radius 1 is 0.571 bits per heavy atom. The molecule has 0 radical (unpaired) electrons. The quantitative estimate of drug-likeness (QED) is 0.290. The van der Waals surface area contributed by atoms with E-state index in [1.165, 1.54) is 96.3 Å². The van der Waals surface area contributed by atoms with Crippen molar-refractivity contribution < 1.29 is 5.11 Å². The van der Waals surface area contributed by atoms with Crippen LogP contribution >= 0.6 is 0 Å². The van der Waals surface area contributed by atoms with Gasteiger partial charge < -0.3 is 5.11 Å². The van der Waals surface area contributed by atoms with E-state index in [0.29, 0.717) is 12.5 Å². The molecule has 21 heavy (non-hydrogen) atoms. The van der Waals surface area contributed by atoms with E-state index in [1.807, 2.05) is 0 Å². The van der Waals surface area contributed by atoms with E-state index < -0.39 is 0 Å². The third kappa shape index (κ3) is 17.9. The van der Waals surface area contributed by atoms with Gasteiger partial charge in [0.2, 0.25) is 0 Å². The van der Waals surface area contributed by atoms with E-state index in [-0.39, 0.29) is 0 Å². The molecule has 1 atom stereocenters. The molecule has 0 rings (SSSR count). The third-order valence-electron chi connectivity index (χ3n) is 4.67. The summed E-state index contributed by atoms with van der Waals surface area (Å²) in [7, 11) is 0. The van der Waals surface area contributed by atoms with Gasteiger partial charge in [-0.05, 0) is 12.3 Å². The van der Waals surface area contributed by atoms with Gasteiger partial charge in [-0.25, -0.2) is 0 Å². The molecule has 0 amide bonds. The molecule has 0 unspecified atom stereocenters. The van der Waals surface area contributed by atoms with Crippen LogP contribution in [0.25, 0.3) is 0 Å². The van der Waals surface area contributed by atoms with Crippen molar-refractivity contribution in [3.8, 4) is 0 Å². The van der Waals surface area contributed by atoms with Crippen LogP contribution in [0.3, 0.4) is 0 Å². The average molecular weight is 299 g/mol. The average Bonchev–Trinajstić information content (AvgIpc) is 2.48. The zero-order valence-electron chi connectivity index (χ0n) is 15.0. The van der Waals surface area contributed by atoms with Gasteiger partial charge in [0.1, 0.15) is 0 Å². The lowest BCUT2D eigenvalue weighted by molar-refractivity contribution is 0.256. The Labute approximate surface area is 134 Å². The maximum Gasteiger partial charge on any atom is 0.0433 e. The Morgan fingerprint density at radius 3 is 1.33 bits per heavy atom. The van der Waals surface area contributed by atoms with Crippen LogP contribution in [0.5, 0.6) is 0 Å². The Kier molecular flexibility index (Phi) is 18.0. The van der Waals surface area contributed by atoms with Gasteiger partial charge in [0.15, 0.2) is 0 Å². The fourth-order valence-corrected chi connectivity index (χ4v) is 3.05. The summed E-state index contributed by atoms with van der Waals surface area (Å²) in [6.07, 6.45) is 22.4. The molecular formula is C20H42O. The van der Waals surface area contributed by atoms with Gasteiger partial charge in [0, 0.05) is 6.61 Å². The van der Waals surface area contributed by atoms with Crippen molar-refractivity contribution in [1.82, 2.24) is 0 Å². The van der Waals surface area contributed by atoms with Crippen LogP contribution in [0.2, 0.25) is 0 Å². The number of rotatable bonds is 17. The van der Waals surface area contributed by atoms with Crippen molar-refractivity contribution in [2.24, 2.45) is 5.92 Å². The normalized spacial score (nSPS) is 12.7. The fourth-order valence-electron chi connectivity index (χ4n) is 3.05. The molecule has 0 fully saturated rings. The zero-order chi connectivity index (χ0) is 15.6. The SMILES string of the molecule is CCCCCCCCCCCCCCCC[C@@H](C)CCO. The first-order valence-electron chi connectivity index (χ1n) is 9.92. The maximum absolute atomic E-state index is 8.85. The van der Waals surface area contributed by atoms with Crippen LogP contribution in [-0.2, 0) is 0 Å². The van der Waals surface area contributed by atoms with Gasteiger partial charge in [0.25, 0.3) is 0 Å². The largest absolute Gasteiger partial charge is 0.396 e. The topological polar surface area (TPSA) is 20.2 Å². The van der Waals surface area contributed by atoms with Crippen LogP contribution in [-0.4, -0.2) is 11.7 Å². The molecule has 0 spiro atoms. The van der Waals surface area contributed by atoms with Crippen molar-refractivity contribution >= 4 is 0 Å². The highest BCUT2D eigenvalue weighted by molar-refractivity contribution is 4.54. The van der Waals surface area contributed by atoms with E-state index in [2.05, 4.69) is 13.8 Å². The number of hydrogen-bond donors (Lipinski definition) is 1. The first kappa shape index (κ1) is 21.0. The summed E-state index contributed by atoms with van der Waals surface area (Å²) in [6.45, 7) is 4.91. The lowest BCUT2D eigenvalue weighted by atomic mass is 9.99. The molecular weight excluding hydrogens is 256 g/mol. The first-order chi connectivity index (χ1) is 10.3. The van der Waals surface area contributed by atoms with Gasteiger partial charge >= 0.3 is 0 Å². The summed E-state index contributed by atoms with van der Waals surface area (Å²) >= 11 is 0. The molecule has 1 nitrogen and oxygen atoms in total. The van der Waals surface area contributed by atoms with E-state index in [4.69, 9.17) is 5.11 Å². The Bertz CT molecular complexity index is 179. The van der Waals surface area contributed by atoms with E-state index in [0.717, 1.165) is 6.42 Å². The molecule has 0 aromatic carbocycles. The Morgan fingerprint density at radius 2 is 0.952 bits per heavy atom. The highest BCUT2D eigenvalue weighted by Gasteiger charge is 2.00. The van der Waals surface area contributed by atoms with Crippen molar-refractivity contribution in [3.63, 3.8) is 0 Å². The number of aliphatic hydroxyl groups excluding tert-OH is 1. The van der Waals surface area contributed by atoms with Crippen LogP contribution in [0.1, 0.15) is 117 Å². The minimum Gasteiger partial charge on any atom is -0.396 e. The van der Waals surface area contributed by atoms with Crippen LogP contribution in [0.15, 0.2) is 0 Å². The minimum absolute atomic E-state index is 0.361. The van der Waals surface area contributed by atoms with Gasteiger partial charge in [-0.3, -0.25) is 0 Å². The summed E-state index contributed by atoms with van der Waals surface area (Å²) in [6, 6.07) is 0. The minimum atomic E-state index is 0.361. The molecule has 0 saturated heterocycles. The predicted molar refractivity (Wildman–Crippen MR) is 95.8 cm³/mol. The molecule has 0 bridgehead atoms. The van der Waals surface area contributed by atoms with E-state index >= 15 is 0 Å². The number of hydrogen-bond acceptors (Lipinski definition) is 1. The molecule has 0 aliphatic heterocycles. The second kappa shape index (κ2) is 18.0. The molecule has 0 aromatic heterocycles. The molecule has 1 heteroatoms. The van der Waals surface area contributed by atoms with Gasteiger partial charge in [-0.2, -0.15) is 0 Å². The zero-order valence-corrected chi connectivity index (χ0v) is 15.0. The lowest BCUT2D eigenvalue weighted by Crippen LogP contribution is -1.97. The van der Waals surface area contributed by atoms with Gasteiger partial charge in [-0.15, -0.1) is 0 Å². The summed E-state index contributed by atoms with van der Waals surface area (Å²) < 4.78 is 0. The van der Waals surface area contributed by atoms with Gasteiger partial charge in [0.05, 0.1) is 0 Å². The molecule has 0 aromatic rings. The lowest BCUT2D eigenvalue weighted by Gasteiger charge is -2.08. The standard InChI is InChI=1S/C20H42O/c1-3-4-5-6-7-8-9-10-11-12-13-14-15-16-17-20(2)18-19-21/h20-21H,3-19H2,1-2H3/t20-/m1/s1. The van der Waals surface area contributed by atoms with Crippen LogP contribution in [0, 0.1) is 5.92 Å². The fraction of sp³-hybridized carbons (Fsp3) is 1.00. The second-order valence-corrected chi connectivity index (χ2v) is 7.00. The summed E-state index contributed by atoms with van der Waals surface area (Å²) in [5.74, 6) is 0.715. The predicted octanol–water partition coefficient (Wildman–Crippen LogP) is 6.88. The smallest absolute Gasteiger partial charge is 0.0433 e. The monoisotopic (exact) mass is 298 g/mol. The highest BCUT2D eigenvalue weighted by Crippen LogP contribution is 2.15. The van der Waals surface area contributed by atoms with Crippen LogP contribution in [0.4, 0.5) is 0 Å². The summed E-state index contributed by atoms with van der Waals surface area (Å²) in [5.41, 5.74) is 0. The number of unbranched alkanes of at least 4 members (excludes halogenated alkanes) is 13. The first-order valence-corrected chi connectivity index (χ1v) is 9.92. The van der Waals surface area contributed by atoms with Crippen molar-refractivity contribution in [2.75, 3.05) is 6.61 Å². The molecule has 0 aliphatic rings. The molecule has 0 aliphatic carbocycles. The molecule has 1 N–H and O–H groups in total. The van der Waals surface area contributed by atoms with Crippen molar-refractivity contribution in [1.29, 1.82) is 0 Å². The van der Waals surface area contributed by atoms with Crippen molar-refractivity contribution in [2.45, 2.75) is 117 Å². The van der Waals surface area contributed by atoms with Crippen LogP contribution < -0.4 is 0 Å². The Balaban J connectivity index is 2.99. The van der Waals surface area contributed by atoms with E-state index in [1.54, 1.807) is 0 Å².